The van der Waals surface area contributed by atoms with Gasteiger partial charge in [-0.1, -0.05) is 37.6 Å². The lowest BCUT2D eigenvalue weighted by atomic mass is 10.2. The summed E-state index contributed by atoms with van der Waals surface area (Å²) in [6, 6.07) is 7.29. The summed E-state index contributed by atoms with van der Waals surface area (Å²) in [7, 11) is 0. The Kier molecular flexibility index (Phi) is 6.01. The molecule has 4 heteroatoms. The molecule has 17 heavy (non-hydrogen) atoms. The first-order chi connectivity index (χ1) is 8.08. The van der Waals surface area contributed by atoms with Gasteiger partial charge >= 0.3 is 5.97 Å². The molecule has 0 aliphatic carbocycles. The second kappa shape index (κ2) is 7.30. The first kappa shape index (κ1) is 14.0. The number of halogens is 1. The number of ether oxygens (including phenoxy) is 1. The van der Waals surface area contributed by atoms with Crippen molar-refractivity contribution in [1.29, 1.82) is 0 Å². The largest absolute Gasteiger partial charge is 0.460 e. The first-order valence-electron chi connectivity index (χ1n) is 5.68. The maximum atomic E-state index is 11.4. The molecular weight excluding hydrogens is 238 g/mol. The number of hydrogen-bond donors (Lipinski definition) is 1. The predicted octanol–water partition coefficient (Wildman–Crippen LogP) is 2.63. The predicted molar refractivity (Wildman–Crippen MR) is 69.0 cm³/mol. The van der Waals surface area contributed by atoms with Crippen molar-refractivity contribution >= 4 is 17.6 Å². The minimum atomic E-state index is -0.245. The fourth-order valence-electron chi connectivity index (χ4n) is 1.30. The maximum Gasteiger partial charge on any atom is 0.320 e. The van der Waals surface area contributed by atoms with Gasteiger partial charge in [0.15, 0.2) is 0 Å². The van der Waals surface area contributed by atoms with E-state index in [-0.39, 0.29) is 19.1 Å². The highest BCUT2D eigenvalue weighted by molar-refractivity contribution is 6.30. The van der Waals surface area contributed by atoms with E-state index in [0.29, 0.717) is 10.9 Å². The number of rotatable bonds is 6. The van der Waals surface area contributed by atoms with Gasteiger partial charge in [0.05, 0.1) is 6.54 Å². The van der Waals surface area contributed by atoms with Crippen LogP contribution in [0, 0.1) is 5.92 Å². The van der Waals surface area contributed by atoms with Crippen LogP contribution in [-0.4, -0.2) is 19.1 Å². The van der Waals surface area contributed by atoms with Gasteiger partial charge in [-0.3, -0.25) is 4.79 Å². The standard InChI is InChI=1S/C13H18ClNO2/c1-10(2)7-15-8-13(16)17-9-11-4-3-5-12(14)6-11/h3-6,10,15H,7-9H2,1-2H3. The molecule has 0 fully saturated rings. The van der Waals surface area contributed by atoms with Gasteiger partial charge in [-0.2, -0.15) is 0 Å². The molecule has 0 saturated heterocycles. The molecule has 0 saturated carbocycles. The number of esters is 1. The molecule has 0 unspecified atom stereocenters. The molecule has 1 aromatic carbocycles. The Balaban J connectivity index is 2.24. The highest BCUT2D eigenvalue weighted by Gasteiger charge is 2.03. The average Bonchev–Trinajstić information content (AvgIpc) is 2.26. The lowest BCUT2D eigenvalue weighted by Gasteiger charge is -2.08. The summed E-state index contributed by atoms with van der Waals surface area (Å²) in [5.74, 6) is 0.279. The monoisotopic (exact) mass is 255 g/mol. The number of nitrogens with one attached hydrogen (secondary N) is 1. The Bertz CT molecular complexity index is 366. The molecule has 0 heterocycles. The van der Waals surface area contributed by atoms with Crippen molar-refractivity contribution in [3.8, 4) is 0 Å². The van der Waals surface area contributed by atoms with E-state index in [2.05, 4.69) is 19.2 Å². The minimum Gasteiger partial charge on any atom is -0.460 e. The molecule has 0 amide bonds. The van der Waals surface area contributed by atoms with Crippen LogP contribution >= 0.6 is 11.6 Å². The second-order valence-corrected chi connectivity index (χ2v) is 4.75. The van der Waals surface area contributed by atoms with Gasteiger partial charge < -0.3 is 10.1 Å². The quantitative estimate of drug-likeness (QED) is 0.795. The SMILES string of the molecule is CC(C)CNCC(=O)OCc1cccc(Cl)c1. The highest BCUT2D eigenvalue weighted by atomic mass is 35.5. The Morgan fingerprint density at radius 1 is 1.47 bits per heavy atom. The molecule has 0 atom stereocenters. The van der Waals surface area contributed by atoms with E-state index in [1.807, 2.05) is 12.1 Å². The van der Waals surface area contributed by atoms with Crippen LogP contribution in [0.5, 0.6) is 0 Å². The molecule has 0 spiro atoms. The topological polar surface area (TPSA) is 38.3 Å². The second-order valence-electron chi connectivity index (χ2n) is 4.32. The Morgan fingerprint density at radius 2 is 2.24 bits per heavy atom. The van der Waals surface area contributed by atoms with E-state index in [0.717, 1.165) is 12.1 Å². The number of hydrogen-bond acceptors (Lipinski definition) is 3. The summed E-state index contributed by atoms with van der Waals surface area (Å²) >= 11 is 5.83. The van der Waals surface area contributed by atoms with Crippen LogP contribution in [-0.2, 0) is 16.1 Å². The van der Waals surface area contributed by atoms with Crippen molar-refractivity contribution in [2.45, 2.75) is 20.5 Å². The number of benzene rings is 1. The smallest absolute Gasteiger partial charge is 0.320 e. The molecule has 1 aromatic rings. The summed E-state index contributed by atoms with van der Waals surface area (Å²) in [6.45, 7) is 5.50. The molecule has 0 aliphatic rings. The van der Waals surface area contributed by atoms with Crippen LogP contribution < -0.4 is 5.32 Å². The Morgan fingerprint density at radius 3 is 2.88 bits per heavy atom. The van der Waals surface area contributed by atoms with Gasteiger partial charge in [0.2, 0.25) is 0 Å². The summed E-state index contributed by atoms with van der Waals surface area (Å²) in [5, 5.41) is 3.68. The van der Waals surface area contributed by atoms with E-state index >= 15 is 0 Å². The maximum absolute atomic E-state index is 11.4. The molecule has 1 N–H and O–H groups in total. The van der Waals surface area contributed by atoms with Gasteiger partial charge in [0, 0.05) is 5.02 Å². The number of carbonyl (C=O) groups is 1. The third-order valence-corrected chi connectivity index (χ3v) is 2.35. The highest BCUT2D eigenvalue weighted by Crippen LogP contribution is 2.11. The van der Waals surface area contributed by atoms with E-state index in [4.69, 9.17) is 16.3 Å². The van der Waals surface area contributed by atoms with Crippen molar-refractivity contribution in [3.05, 3.63) is 34.9 Å². The fraction of sp³-hybridized carbons (Fsp3) is 0.462. The third-order valence-electron chi connectivity index (χ3n) is 2.11. The van der Waals surface area contributed by atoms with Crippen LogP contribution in [0.2, 0.25) is 5.02 Å². The lowest BCUT2D eigenvalue weighted by Crippen LogP contribution is -2.27. The van der Waals surface area contributed by atoms with Gasteiger partial charge in [-0.15, -0.1) is 0 Å². The van der Waals surface area contributed by atoms with Crippen LogP contribution in [0.3, 0.4) is 0 Å². The molecule has 0 aliphatic heterocycles. The van der Waals surface area contributed by atoms with E-state index in [1.165, 1.54) is 0 Å². The van der Waals surface area contributed by atoms with Gasteiger partial charge in [0.25, 0.3) is 0 Å². The normalized spacial score (nSPS) is 10.6. The molecule has 3 nitrogen and oxygen atoms in total. The zero-order chi connectivity index (χ0) is 12.7. The van der Waals surface area contributed by atoms with Gasteiger partial charge in [-0.05, 0) is 30.2 Å². The molecule has 0 bridgehead atoms. The molecule has 0 aromatic heterocycles. The van der Waals surface area contributed by atoms with E-state index < -0.39 is 0 Å². The van der Waals surface area contributed by atoms with E-state index in [9.17, 15) is 4.79 Å². The van der Waals surface area contributed by atoms with Gasteiger partial charge in [-0.25, -0.2) is 0 Å². The lowest BCUT2D eigenvalue weighted by molar-refractivity contribution is -0.143. The van der Waals surface area contributed by atoms with Crippen molar-refractivity contribution < 1.29 is 9.53 Å². The van der Waals surface area contributed by atoms with Crippen molar-refractivity contribution in [1.82, 2.24) is 5.32 Å². The minimum absolute atomic E-state index is 0.245. The number of carbonyl (C=O) groups excluding carboxylic acids is 1. The fourth-order valence-corrected chi connectivity index (χ4v) is 1.52. The summed E-state index contributed by atoms with van der Waals surface area (Å²) in [6.07, 6.45) is 0. The third kappa shape index (κ3) is 6.29. The Labute approximate surface area is 107 Å². The average molecular weight is 256 g/mol. The van der Waals surface area contributed by atoms with E-state index in [1.54, 1.807) is 12.1 Å². The summed E-state index contributed by atoms with van der Waals surface area (Å²) in [4.78, 5) is 11.4. The van der Waals surface area contributed by atoms with Crippen molar-refractivity contribution in [2.75, 3.05) is 13.1 Å². The summed E-state index contributed by atoms with van der Waals surface area (Å²) < 4.78 is 5.10. The Hall–Kier alpha value is -1.06. The van der Waals surface area contributed by atoms with Crippen LogP contribution in [0.4, 0.5) is 0 Å². The van der Waals surface area contributed by atoms with Crippen molar-refractivity contribution in [2.24, 2.45) is 5.92 Å². The zero-order valence-electron chi connectivity index (χ0n) is 10.2. The molecular formula is C13H18ClNO2. The molecule has 0 radical (unpaired) electrons. The zero-order valence-corrected chi connectivity index (χ0v) is 11.0. The van der Waals surface area contributed by atoms with Gasteiger partial charge in [0.1, 0.15) is 6.61 Å². The molecule has 1 rings (SSSR count). The van der Waals surface area contributed by atoms with Crippen LogP contribution in [0.1, 0.15) is 19.4 Å². The molecule has 94 valence electrons. The summed E-state index contributed by atoms with van der Waals surface area (Å²) in [5.41, 5.74) is 0.898. The van der Waals surface area contributed by atoms with Crippen molar-refractivity contribution in [3.63, 3.8) is 0 Å². The first-order valence-corrected chi connectivity index (χ1v) is 6.06. The van der Waals surface area contributed by atoms with Crippen LogP contribution in [0.15, 0.2) is 24.3 Å². The van der Waals surface area contributed by atoms with Crippen LogP contribution in [0.25, 0.3) is 0 Å².